The third kappa shape index (κ3) is 6.60. The van der Waals surface area contributed by atoms with Gasteiger partial charge in [-0.1, -0.05) is 18.2 Å². The topological polar surface area (TPSA) is 77.0 Å². The standard InChI is InChI=1S/C24H27FN4O3/c1-4-26-24(28-14-17-8-10-21(30-2)22(12-17)31-3)29-16-18-9-11-23(27-15-18)32-20-7-5-6-19(25)13-20/h5-13,15H,4,14,16H2,1-3H3,(H2,26,28,29). The largest absolute Gasteiger partial charge is 0.493 e. The lowest BCUT2D eigenvalue weighted by Gasteiger charge is -2.13. The minimum absolute atomic E-state index is 0.356. The van der Waals surface area contributed by atoms with Gasteiger partial charge in [0.25, 0.3) is 0 Å². The van der Waals surface area contributed by atoms with E-state index in [4.69, 9.17) is 14.2 Å². The molecule has 3 aromatic rings. The van der Waals surface area contributed by atoms with Crippen molar-refractivity contribution in [3.05, 3.63) is 77.7 Å². The first-order valence-electron chi connectivity index (χ1n) is 10.2. The van der Waals surface area contributed by atoms with Crippen LogP contribution in [0.15, 0.2) is 65.8 Å². The van der Waals surface area contributed by atoms with Crippen molar-refractivity contribution in [1.29, 1.82) is 0 Å². The third-order valence-corrected chi connectivity index (χ3v) is 4.49. The summed E-state index contributed by atoms with van der Waals surface area (Å²) in [5.74, 6) is 2.49. The van der Waals surface area contributed by atoms with Gasteiger partial charge in [-0.3, -0.25) is 0 Å². The van der Waals surface area contributed by atoms with Gasteiger partial charge >= 0.3 is 0 Å². The van der Waals surface area contributed by atoms with Crippen LogP contribution in [0.4, 0.5) is 4.39 Å². The van der Waals surface area contributed by atoms with Crippen molar-refractivity contribution >= 4 is 5.96 Å². The predicted molar refractivity (Wildman–Crippen MR) is 122 cm³/mol. The molecule has 0 saturated heterocycles. The molecule has 0 fully saturated rings. The maximum atomic E-state index is 13.3. The van der Waals surface area contributed by atoms with Crippen LogP contribution in [-0.2, 0) is 13.1 Å². The molecule has 8 heteroatoms. The molecular weight excluding hydrogens is 411 g/mol. The van der Waals surface area contributed by atoms with E-state index in [1.54, 1.807) is 38.6 Å². The molecule has 168 valence electrons. The summed E-state index contributed by atoms with van der Waals surface area (Å²) in [7, 11) is 3.23. The summed E-state index contributed by atoms with van der Waals surface area (Å²) < 4.78 is 29.5. The highest BCUT2D eigenvalue weighted by atomic mass is 19.1. The van der Waals surface area contributed by atoms with Gasteiger partial charge in [0, 0.05) is 31.4 Å². The molecule has 0 bridgehead atoms. The fourth-order valence-electron chi connectivity index (χ4n) is 2.90. The first-order chi connectivity index (χ1) is 15.6. The lowest BCUT2D eigenvalue weighted by Crippen LogP contribution is -2.36. The summed E-state index contributed by atoms with van der Waals surface area (Å²) in [4.78, 5) is 8.88. The molecule has 1 heterocycles. The van der Waals surface area contributed by atoms with Crippen LogP contribution < -0.4 is 24.8 Å². The Morgan fingerprint density at radius 3 is 2.47 bits per heavy atom. The van der Waals surface area contributed by atoms with Crippen LogP contribution in [0, 0.1) is 5.82 Å². The van der Waals surface area contributed by atoms with Crippen molar-refractivity contribution in [3.8, 4) is 23.1 Å². The minimum atomic E-state index is -0.356. The summed E-state index contributed by atoms with van der Waals surface area (Å²) in [5.41, 5.74) is 1.95. The zero-order valence-corrected chi connectivity index (χ0v) is 18.4. The van der Waals surface area contributed by atoms with Crippen LogP contribution in [-0.4, -0.2) is 31.7 Å². The first-order valence-corrected chi connectivity index (χ1v) is 10.2. The first kappa shape index (κ1) is 22.9. The average Bonchev–Trinajstić information content (AvgIpc) is 2.81. The highest BCUT2D eigenvalue weighted by Gasteiger charge is 2.06. The summed E-state index contributed by atoms with van der Waals surface area (Å²) in [6, 6.07) is 15.3. The predicted octanol–water partition coefficient (Wildman–Crippen LogP) is 4.29. The van der Waals surface area contributed by atoms with E-state index in [2.05, 4.69) is 20.6 Å². The lowest BCUT2D eigenvalue weighted by molar-refractivity contribution is 0.354. The van der Waals surface area contributed by atoms with E-state index in [0.717, 1.165) is 17.7 Å². The minimum Gasteiger partial charge on any atom is -0.493 e. The van der Waals surface area contributed by atoms with Gasteiger partial charge in [-0.2, -0.15) is 0 Å². The van der Waals surface area contributed by atoms with Crippen LogP contribution in [0.3, 0.4) is 0 Å². The van der Waals surface area contributed by atoms with Crippen LogP contribution in [0.5, 0.6) is 23.1 Å². The Morgan fingerprint density at radius 1 is 0.969 bits per heavy atom. The van der Waals surface area contributed by atoms with Gasteiger partial charge < -0.3 is 24.8 Å². The SMILES string of the molecule is CCNC(=NCc1ccc(Oc2cccc(F)c2)nc1)NCc1ccc(OC)c(OC)c1. The number of nitrogens with one attached hydrogen (secondary N) is 2. The second kappa shape index (κ2) is 11.5. The zero-order chi connectivity index (χ0) is 22.8. The Morgan fingerprint density at radius 2 is 1.78 bits per heavy atom. The van der Waals surface area contributed by atoms with Gasteiger partial charge in [0.15, 0.2) is 17.5 Å². The fraction of sp³-hybridized carbons (Fsp3) is 0.250. The molecule has 2 N–H and O–H groups in total. The number of hydrogen-bond donors (Lipinski definition) is 2. The van der Waals surface area contributed by atoms with Gasteiger partial charge in [0.2, 0.25) is 5.88 Å². The number of guanidine groups is 1. The van der Waals surface area contributed by atoms with Crippen molar-refractivity contribution in [3.63, 3.8) is 0 Å². The third-order valence-electron chi connectivity index (χ3n) is 4.49. The summed E-state index contributed by atoms with van der Waals surface area (Å²) in [6.45, 7) is 3.75. The molecule has 0 saturated carbocycles. The van der Waals surface area contributed by atoms with Gasteiger partial charge in [0.05, 0.1) is 20.8 Å². The number of rotatable bonds is 9. The number of pyridine rings is 1. The maximum Gasteiger partial charge on any atom is 0.219 e. The number of ether oxygens (including phenoxy) is 3. The Hall–Kier alpha value is -3.81. The van der Waals surface area contributed by atoms with Crippen molar-refractivity contribution < 1.29 is 18.6 Å². The highest BCUT2D eigenvalue weighted by Crippen LogP contribution is 2.27. The van der Waals surface area contributed by atoms with Crippen LogP contribution in [0.25, 0.3) is 0 Å². The lowest BCUT2D eigenvalue weighted by atomic mass is 10.2. The molecule has 2 aromatic carbocycles. The molecule has 0 aliphatic heterocycles. The summed E-state index contributed by atoms with van der Waals surface area (Å²) in [6.07, 6.45) is 1.69. The molecular formula is C24H27FN4O3. The van der Waals surface area contributed by atoms with Gasteiger partial charge in [-0.25, -0.2) is 14.4 Å². The zero-order valence-electron chi connectivity index (χ0n) is 18.4. The highest BCUT2D eigenvalue weighted by molar-refractivity contribution is 5.79. The maximum absolute atomic E-state index is 13.3. The van der Waals surface area contributed by atoms with Gasteiger partial charge in [-0.05, 0) is 42.3 Å². The smallest absolute Gasteiger partial charge is 0.219 e. The molecule has 3 rings (SSSR count). The van der Waals surface area contributed by atoms with Gasteiger partial charge in [0.1, 0.15) is 11.6 Å². The van der Waals surface area contributed by atoms with E-state index in [-0.39, 0.29) is 5.82 Å². The van der Waals surface area contributed by atoms with Crippen LogP contribution in [0.1, 0.15) is 18.1 Å². The van der Waals surface area contributed by atoms with Crippen molar-refractivity contribution in [1.82, 2.24) is 15.6 Å². The van der Waals surface area contributed by atoms with Crippen molar-refractivity contribution in [2.45, 2.75) is 20.0 Å². The average molecular weight is 439 g/mol. The van der Waals surface area contributed by atoms with E-state index in [1.165, 1.54) is 12.1 Å². The van der Waals surface area contributed by atoms with E-state index >= 15 is 0 Å². The Labute approximate surface area is 187 Å². The van der Waals surface area contributed by atoms with Gasteiger partial charge in [-0.15, -0.1) is 0 Å². The number of nitrogens with zero attached hydrogens (tertiary/aromatic N) is 2. The molecule has 0 aliphatic rings. The number of halogens is 1. The molecule has 0 amide bonds. The van der Waals surface area contributed by atoms with Crippen molar-refractivity contribution in [2.75, 3.05) is 20.8 Å². The monoisotopic (exact) mass is 438 g/mol. The Bertz CT molecular complexity index is 1040. The number of methoxy groups -OCH3 is 2. The summed E-state index contributed by atoms with van der Waals surface area (Å²) >= 11 is 0. The second-order valence-electron chi connectivity index (χ2n) is 6.80. The quantitative estimate of drug-likeness (QED) is 0.384. The summed E-state index contributed by atoms with van der Waals surface area (Å²) in [5, 5.41) is 6.53. The molecule has 0 spiro atoms. The van der Waals surface area contributed by atoms with E-state index in [9.17, 15) is 4.39 Å². The molecule has 1 aromatic heterocycles. The molecule has 0 radical (unpaired) electrons. The molecule has 7 nitrogen and oxygen atoms in total. The van der Waals surface area contributed by atoms with E-state index in [0.29, 0.717) is 42.2 Å². The van der Waals surface area contributed by atoms with Crippen LogP contribution >= 0.6 is 0 Å². The Kier molecular flexibility index (Phi) is 8.25. The number of aliphatic imine (C=N–C) groups is 1. The van der Waals surface area contributed by atoms with Crippen LogP contribution in [0.2, 0.25) is 0 Å². The number of hydrogen-bond acceptors (Lipinski definition) is 5. The van der Waals surface area contributed by atoms with E-state index < -0.39 is 0 Å². The number of benzene rings is 2. The fourth-order valence-corrected chi connectivity index (χ4v) is 2.90. The normalized spacial score (nSPS) is 11.1. The van der Waals surface area contributed by atoms with Crippen molar-refractivity contribution in [2.24, 2.45) is 4.99 Å². The Balaban J connectivity index is 1.59. The molecule has 0 aliphatic carbocycles. The second-order valence-corrected chi connectivity index (χ2v) is 6.80. The molecule has 0 atom stereocenters. The van der Waals surface area contributed by atoms with E-state index in [1.807, 2.05) is 31.2 Å². The molecule has 0 unspecified atom stereocenters. The molecule has 32 heavy (non-hydrogen) atoms. The number of aromatic nitrogens is 1.